The Balaban J connectivity index is 4.36. The predicted molar refractivity (Wildman–Crippen MR) is 86.5 cm³/mol. The third kappa shape index (κ3) is 7.43. The first-order valence-corrected chi connectivity index (χ1v) is 10.1. The number of amides is 1. The zero-order chi connectivity index (χ0) is 16.7. The summed E-state index contributed by atoms with van der Waals surface area (Å²) >= 11 is 0. The number of rotatable bonds is 7. The number of hydrogen-bond acceptors (Lipinski definition) is 4. The first-order chi connectivity index (χ1) is 9.51. The van der Waals surface area contributed by atoms with Gasteiger partial charge in [0.25, 0.3) is 0 Å². The van der Waals surface area contributed by atoms with Crippen LogP contribution in [0.5, 0.6) is 0 Å². The standard InChI is InChI=1S/C15H29NO4Si/c1-12(17)16-13(14(18)19-5)10-8-9-11-20-21(6,7)15(2,3)4/h8-9,13H,10-11H2,1-7H3,(H,16,17)/b9-8+/t13-/m1/s1. The summed E-state index contributed by atoms with van der Waals surface area (Å²) in [4.78, 5) is 22.5. The molecule has 0 saturated heterocycles. The zero-order valence-electron chi connectivity index (χ0n) is 14.3. The molecule has 1 N–H and O–H groups in total. The number of ether oxygens (including phenoxy) is 1. The van der Waals surface area contributed by atoms with Crippen molar-refractivity contribution in [2.24, 2.45) is 0 Å². The lowest BCUT2D eigenvalue weighted by atomic mass is 10.2. The maximum absolute atomic E-state index is 11.5. The van der Waals surface area contributed by atoms with Crippen molar-refractivity contribution in [1.29, 1.82) is 0 Å². The first kappa shape index (κ1) is 19.9. The molecule has 0 radical (unpaired) electrons. The van der Waals surface area contributed by atoms with Gasteiger partial charge < -0.3 is 14.5 Å². The van der Waals surface area contributed by atoms with E-state index in [4.69, 9.17) is 4.43 Å². The lowest BCUT2D eigenvalue weighted by Gasteiger charge is -2.35. The van der Waals surface area contributed by atoms with Gasteiger partial charge >= 0.3 is 5.97 Å². The Morgan fingerprint density at radius 3 is 2.24 bits per heavy atom. The molecule has 0 aliphatic heterocycles. The van der Waals surface area contributed by atoms with E-state index in [1.165, 1.54) is 14.0 Å². The van der Waals surface area contributed by atoms with Crippen molar-refractivity contribution in [2.75, 3.05) is 13.7 Å². The summed E-state index contributed by atoms with van der Waals surface area (Å²) in [6.07, 6.45) is 4.12. The molecule has 1 atom stereocenters. The van der Waals surface area contributed by atoms with E-state index in [0.29, 0.717) is 13.0 Å². The molecule has 1 amide bonds. The average Bonchev–Trinajstić information content (AvgIpc) is 2.34. The third-order valence-corrected chi connectivity index (χ3v) is 8.25. The lowest BCUT2D eigenvalue weighted by Crippen LogP contribution is -2.41. The molecule has 0 fully saturated rings. The summed E-state index contributed by atoms with van der Waals surface area (Å²) in [7, 11) is -0.443. The fourth-order valence-corrected chi connectivity index (χ4v) is 2.32. The molecule has 21 heavy (non-hydrogen) atoms. The fraction of sp³-hybridized carbons (Fsp3) is 0.733. The molecular weight excluding hydrogens is 286 g/mol. The van der Waals surface area contributed by atoms with Crippen LogP contribution in [-0.4, -0.2) is 40.0 Å². The van der Waals surface area contributed by atoms with Crippen LogP contribution in [0.1, 0.15) is 34.1 Å². The minimum absolute atomic E-state index is 0.172. The van der Waals surface area contributed by atoms with Crippen molar-refractivity contribution in [1.82, 2.24) is 5.32 Å². The van der Waals surface area contributed by atoms with Gasteiger partial charge in [-0.3, -0.25) is 4.79 Å². The number of carbonyl (C=O) groups excluding carboxylic acids is 2. The van der Waals surface area contributed by atoms with Crippen molar-refractivity contribution in [3.63, 3.8) is 0 Å². The molecule has 0 heterocycles. The minimum Gasteiger partial charge on any atom is -0.467 e. The Morgan fingerprint density at radius 2 is 1.81 bits per heavy atom. The molecule has 0 aromatic rings. The molecule has 6 heteroatoms. The molecule has 0 aromatic heterocycles. The highest BCUT2D eigenvalue weighted by Crippen LogP contribution is 2.36. The Bertz CT molecular complexity index is 386. The van der Waals surface area contributed by atoms with Gasteiger partial charge in [0.1, 0.15) is 6.04 Å². The van der Waals surface area contributed by atoms with Gasteiger partial charge in [-0.15, -0.1) is 0 Å². The van der Waals surface area contributed by atoms with Gasteiger partial charge in [-0.1, -0.05) is 32.9 Å². The second-order valence-corrected chi connectivity index (χ2v) is 11.4. The van der Waals surface area contributed by atoms with Crippen molar-refractivity contribution >= 4 is 20.2 Å². The summed E-state index contributed by atoms with van der Waals surface area (Å²) in [6, 6.07) is -0.642. The van der Waals surface area contributed by atoms with Crippen LogP contribution < -0.4 is 5.32 Å². The van der Waals surface area contributed by atoms with Crippen molar-refractivity contribution in [3.8, 4) is 0 Å². The number of carbonyl (C=O) groups is 2. The van der Waals surface area contributed by atoms with Crippen LogP contribution in [-0.2, 0) is 18.8 Å². The smallest absolute Gasteiger partial charge is 0.328 e. The summed E-state index contributed by atoms with van der Waals surface area (Å²) < 4.78 is 10.6. The molecule has 5 nitrogen and oxygen atoms in total. The average molecular weight is 315 g/mol. The van der Waals surface area contributed by atoms with Crippen LogP contribution in [0.3, 0.4) is 0 Å². The highest BCUT2D eigenvalue weighted by molar-refractivity contribution is 6.74. The van der Waals surface area contributed by atoms with E-state index in [1.54, 1.807) is 0 Å². The molecule has 0 bridgehead atoms. The van der Waals surface area contributed by atoms with Crippen LogP contribution in [0, 0.1) is 0 Å². The van der Waals surface area contributed by atoms with Crippen molar-refractivity contribution in [2.45, 2.75) is 58.3 Å². The van der Waals surface area contributed by atoms with Gasteiger partial charge in [-0.2, -0.15) is 0 Å². The minimum atomic E-state index is -1.75. The predicted octanol–water partition coefficient (Wildman–Crippen LogP) is 2.63. The Kier molecular flexibility index (Phi) is 7.88. The molecular formula is C15H29NO4Si. The second kappa shape index (κ2) is 8.34. The van der Waals surface area contributed by atoms with Gasteiger partial charge in [0, 0.05) is 6.92 Å². The number of methoxy groups -OCH3 is 1. The zero-order valence-corrected chi connectivity index (χ0v) is 15.3. The fourth-order valence-electron chi connectivity index (χ4n) is 1.37. The monoisotopic (exact) mass is 315 g/mol. The topological polar surface area (TPSA) is 64.6 Å². The van der Waals surface area contributed by atoms with Gasteiger partial charge in [-0.05, 0) is 24.6 Å². The van der Waals surface area contributed by atoms with E-state index in [9.17, 15) is 9.59 Å². The normalized spacial score (nSPS) is 14.0. The molecule has 0 aromatic carbocycles. The van der Waals surface area contributed by atoms with Gasteiger partial charge in [-0.25, -0.2) is 4.79 Å². The SMILES string of the molecule is COC(=O)[C@@H](C/C=C/CO[Si](C)(C)C(C)(C)C)NC(C)=O. The Hall–Kier alpha value is -1.14. The molecule has 0 spiro atoms. The molecule has 122 valence electrons. The molecule has 0 unspecified atom stereocenters. The van der Waals surface area contributed by atoms with Gasteiger partial charge in [0.05, 0.1) is 13.7 Å². The van der Waals surface area contributed by atoms with E-state index in [2.05, 4.69) is 43.9 Å². The third-order valence-electron chi connectivity index (χ3n) is 3.75. The van der Waals surface area contributed by atoms with Crippen LogP contribution in [0.15, 0.2) is 12.2 Å². The maximum Gasteiger partial charge on any atom is 0.328 e. The van der Waals surface area contributed by atoms with E-state index in [-0.39, 0.29) is 10.9 Å². The maximum atomic E-state index is 11.5. The van der Waals surface area contributed by atoms with Crippen molar-refractivity contribution < 1.29 is 18.8 Å². The van der Waals surface area contributed by atoms with E-state index in [1.807, 2.05) is 12.2 Å². The van der Waals surface area contributed by atoms with Crippen LogP contribution in [0.2, 0.25) is 18.1 Å². The van der Waals surface area contributed by atoms with Crippen molar-refractivity contribution in [3.05, 3.63) is 12.2 Å². The number of hydrogen-bond donors (Lipinski definition) is 1. The van der Waals surface area contributed by atoms with Crippen LogP contribution in [0.4, 0.5) is 0 Å². The molecule has 0 aliphatic rings. The quantitative estimate of drug-likeness (QED) is 0.445. The largest absolute Gasteiger partial charge is 0.467 e. The summed E-state index contributed by atoms with van der Waals surface area (Å²) in [6.45, 7) is 12.8. The van der Waals surface area contributed by atoms with Crippen LogP contribution >= 0.6 is 0 Å². The molecule has 0 aliphatic carbocycles. The highest BCUT2D eigenvalue weighted by Gasteiger charge is 2.36. The first-order valence-electron chi connectivity index (χ1n) is 7.15. The Labute approximate surface area is 129 Å². The molecule has 0 saturated carbocycles. The van der Waals surface area contributed by atoms with Crippen LogP contribution in [0.25, 0.3) is 0 Å². The summed E-state index contributed by atoms with van der Waals surface area (Å²) in [5.74, 6) is -0.698. The van der Waals surface area contributed by atoms with Gasteiger partial charge in [0.15, 0.2) is 8.32 Å². The number of esters is 1. The Morgan fingerprint density at radius 1 is 1.24 bits per heavy atom. The van der Waals surface area contributed by atoms with E-state index < -0.39 is 20.3 Å². The summed E-state index contributed by atoms with van der Waals surface area (Å²) in [5, 5.41) is 2.74. The number of nitrogens with one attached hydrogen (secondary N) is 1. The lowest BCUT2D eigenvalue weighted by molar-refractivity contribution is -0.144. The molecule has 0 rings (SSSR count). The van der Waals surface area contributed by atoms with E-state index >= 15 is 0 Å². The van der Waals surface area contributed by atoms with Gasteiger partial charge in [0.2, 0.25) is 5.91 Å². The second-order valence-electron chi connectivity index (χ2n) is 6.55. The van der Waals surface area contributed by atoms with E-state index in [0.717, 1.165) is 0 Å². The highest BCUT2D eigenvalue weighted by atomic mass is 28.4. The summed E-state index contributed by atoms with van der Waals surface area (Å²) in [5.41, 5.74) is 0.